The number of nitrogens with two attached hydrogens (primary N) is 1. The molecule has 0 spiro atoms. The van der Waals surface area contributed by atoms with E-state index in [2.05, 4.69) is 9.98 Å². The molecule has 0 radical (unpaired) electrons. The molecule has 8 heteroatoms. The first kappa shape index (κ1) is 16.4. The predicted octanol–water partition coefficient (Wildman–Crippen LogP) is 4.46. The van der Waals surface area contributed by atoms with Gasteiger partial charge in [-0.3, -0.25) is 0 Å². The number of hydrogen-bond acceptors (Lipinski definition) is 3. The molecule has 0 fully saturated rings. The van der Waals surface area contributed by atoms with Gasteiger partial charge in [0.15, 0.2) is 0 Å². The van der Waals surface area contributed by atoms with E-state index >= 15 is 0 Å². The molecule has 3 nitrogen and oxygen atoms in total. The fourth-order valence-corrected chi connectivity index (χ4v) is 2.47. The van der Waals surface area contributed by atoms with Gasteiger partial charge in [0.2, 0.25) is 5.13 Å². The van der Waals surface area contributed by atoms with E-state index in [0.717, 1.165) is 17.0 Å². The van der Waals surface area contributed by atoms with Crippen LogP contribution in [-0.4, -0.2) is 10.8 Å². The molecular weight excluding hydrogens is 318 g/mol. The highest BCUT2D eigenvalue weighted by molar-refractivity contribution is 7.15. The summed E-state index contributed by atoms with van der Waals surface area (Å²) in [6.45, 7) is 3.96. The maximum Gasteiger partial charge on any atom is 0.416 e. The van der Waals surface area contributed by atoms with Gasteiger partial charge in [-0.2, -0.15) is 13.2 Å². The molecule has 0 aliphatic heterocycles. The Hall–Kier alpha value is -1.96. The van der Waals surface area contributed by atoms with Crippen LogP contribution in [0.1, 0.15) is 35.8 Å². The van der Waals surface area contributed by atoms with E-state index in [0.29, 0.717) is 11.2 Å². The number of alkyl halides is 3. The zero-order valence-corrected chi connectivity index (χ0v) is 12.6. The van der Waals surface area contributed by atoms with Crippen LogP contribution in [0.4, 0.5) is 22.7 Å². The Bertz CT molecular complexity index is 704. The van der Waals surface area contributed by atoms with E-state index in [1.807, 2.05) is 13.8 Å². The molecule has 22 heavy (non-hydrogen) atoms. The van der Waals surface area contributed by atoms with Crippen LogP contribution in [0.3, 0.4) is 0 Å². The van der Waals surface area contributed by atoms with Crippen molar-refractivity contribution in [3.63, 3.8) is 0 Å². The Morgan fingerprint density at radius 3 is 2.50 bits per heavy atom. The third-order valence-corrected chi connectivity index (χ3v) is 4.01. The molecule has 0 aliphatic rings. The molecule has 2 N–H and O–H groups in total. The van der Waals surface area contributed by atoms with E-state index in [1.165, 1.54) is 11.3 Å². The zero-order chi connectivity index (χ0) is 16.5. The molecule has 118 valence electrons. The minimum absolute atomic E-state index is 0.131. The van der Waals surface area contributed by atoms with E-state index < -0.39 is 17.6 Å². The van der Waals surface area contributed by atoms with Gasteiger partial charge >= 0.3 is 6.18 Å². The van der Waals surface area contributed by atoms with E-state index in [9.17, 15) is 17.6 Å². The molecule has 2 aromatic rings. The number of benzene rings is 1. The predicted molar refractivity (Wildman–Crippen MR) is 78.0 cm³/mol. The maximum atomic E-state index is 13.3. The van der Waals surface area contributed by atoms with Crippen LogP contribution < -0.4 is 5.73 Å². The first-order valence-corrected chi connectivity index (χ1v) is 7.16. The summed E-state index contributed by atoms with van der Waals surface area (Å²) in [7, 11) is 0. The lowest BCUT2D eigenvalue weighted by Crippen LogP contribution is -2.15. The van der Waals surface area contributed by atoms with Gasteiger partial charge in [0, 0.05) is 16.6 Å². The van der Waals surface area contributed by atoms with Crippen molar-refractivity contribution in [2.24, 2.45) is 10.7 Å². The summed E-state index contributed by atoms with van der Waals surface area (Å²) in [5.74, 6) is -0.978. The van der Waals surface area contributed by atoms with Gasteiger partial charge in [0.1, 0.15) is 11.7 Å². The Balaban J connectivity index is 2.37. The number of amidine groups is 1. The third-order valence-electron chi connectivity index (χ3n) is 2.82. The van der Waals surface area contributed by atoms with E-state index in [1.54, 1.807) is 6.20 Å². The Morgan fingerprint density at radius 1 is 1.27 bits per heavy atom. The Labute approximate surface area is 128 Å². The van der Waals surface area contributed by atoms with Crippen LogP contribution in [0.2, 0.25) is 0 Å². The first-order chi connectivity index (χ1) is 10.2. The van der Waals surface area contributed by atoms with Crippen LogP contribution in [0, 0.1) is 5.82 Å². The fourth-order valence-electron chi connectivity index (χ4n) is 1.66. The number of halogens is 4. The molecule has 1 heterocycles. The Kier molecular flexibility index (Phi) is 4.50. The fraction of sp³-hybridized carbons (Fsp3) is 0.286. The molecule has 0 saturated heterocycles. The summed E-state index contributed by atoms with van der Waals surface area (Å²) in [6, 6.07) is 2.08. The van der Waals surface area contributed by atoms with Crippen molar-refractivity contribution in [2.75, 3.05) is 0 Å². The summed E-state index contributed by atoms with van der Waals surface area (Å²) in [5, 5.41) is 0.319. The number of nitrogens with zero attached hydrogens (tertiary/aromatic N) is 2. The summed E-state index contributed by atoms with van der Waals surface area (Å²) >= 11 is 1.28. The van der Waals surface area contributed by atoms with Gasteiger partial charge in [-0.05, 0) is 24.1 Å². The number of rotatable bonds is 3. The van der Waals surface area contributed by atoms with Crippen molar-refractivity contribution in [3.8, 4) is 0 Å². The molecular formula is C14H13F4N3S. The lowest BCUT2D eigenvalue weighted by molar-refractivity contribution is -0.137. The summed E-state index contributed by atoms with van der Waals surface area (Å²) in [6.07, 6.45) is -3.02. The number of aromatic nitrogens is 1. The molecule has 0 unspecified atom stereocenters. The second kappa shape index (κ2) is 6.04. The van der Waals surface area contributed by atoms with Gasteiger partial charge in [0.05, 0.1) is 5.56 Å². The monoisotopic (exact) mass is 331 g/mol. The Morgan fingerprint density at radius 2 is 1.95 bits per heavy atom. The summed E-state index contributed by atoms with van der Waals surface area (Å²) in [5.41, 5.74) is 4.44. The molecule has 0 amide bonds. The average molecular weight is 331 g/mol. The zero-order valence-electron chi connectivity index (χ0n) is 11.8. The lowest BCUT2D eigenvalue weighted by Gasteiger charge is -2.09. The molecule has 1 aromatic heterocycles. The second-order valence-electron chi connectivity index (χ2n) is 4.92. The van der Waals surface area contributed by atoms with Crippen molar-refractivity contribution in [1.82, 2.24) is 4.98 Å². The lowest BCUT2D eigenvalue weighted by atomic mass is 10.1. The summed E-state index contributed by atoms with van der Waals surface area (Å²) in [4.78, 5) is 8.97. The molecule has 0 saturated carbocycles. The second-order valence-corrected chi connectivity index (χ2v) is 5.96. The normalized spacial score (nSPS) is 13.0. The topological polar surface area (TPSA) is 51.3 Å². The van der Waals surface area contributed by atoms with Crippen molar-refractivity contribution < 1.29 is 17.6 Å². The molecule has 0 aliphatic carbocycles. The molecule has 1 aromatic carbocycles. The van der Waals surface area contributed by atoms with Crippen LogP contribution in [0.5, 0.6) is 0 Å². The van der Waals surface area contributed by atoms with Crippen molar-refractivity contribution >= 4 is 22.3 Å². The SMILES string of the molecule is CC(C)c1cnc(N=C(N)c2cc(F)cc(C(F)(F)F)c2)s1. The number of hydrogen-bond donors (Lipinski definition) is 1. The minimum atomic E-state index is -4.65. The van der Waals surface area contributed by atoms with Gasteiger partial charge in [-0.1, -0.05) is 25.2 Å². The van der Waals surface area contributed by atoms with E-state index in [-0.39, 0.29) is 17.3 Å². The van der Waals surface area contributed by atoms with Crippen LogP contribution in [-0.2, 0) is 6.18 Å². The molecule has 2 rings (SSSR count). The minimum Gasteiger partial charge on any atom is -0.383 e. The highest BCUT2D eigenvalue weighted by Crippen LogP contribution is 2.31. The van der Waals surface area contributed by atoms with Gasteiger partial charge in [0.25, 0.3) is 0 Å². The number of thiazole rings is 1. The third kappa shape index (κ3) is 3.82. The maximum absolute atomic E-state index is 13.3. The highest BCUT2D eigenvalue weighted by atomic mass is 32.1. The molecule has 0 atom stereocenters. The van der Waals surface area contributed by atoms with Crippen molar-refractivity contribution in [3.05, 3.63) is 46.2 Å². The van der Waals surface area contributed by atoms with Crippen LogP contribution in [0.25, 0.3) is 0 Å². The average Bonchev–Trinajstić information content (AvgIpc) is 2.85. The van der Waals surface area contributed by atoms with Crippen molar-refractivity contribution in [2.45, 2.75) is 25.9 Å². The highest BCUT2D eigenvalue weighted by Gasteiger charge is 2.31. The van der Waals surface area contributed by atoms with Gasteiger partial charge < -0.3 is 5.73 Å². The van der Waals surface area contributed by atoms with Crippen LogP contribution in [0.15, 0.2) is 29.4 Å². The van der Waals surface area contributed by atoms with Crippen molar-refractivity contribution in [1.29, 1.82) is 0 Å². The van der Waals surface area contributed by atoms with Gasteiger partial charge in [-0.25, -0.2) is 14.4 Å². The summed E-state index contributed by atoms with van der Waals surface area (Å²) < 4.78 is 51.4. The largest absolute Gasteiger partial charge is 0.416 e. The number of aliphatic imine (C=N–C) groups is 1. The quantitative estimate of drug-likeness (QED) is 0.513. The van der Waals surface area contributed by atoms with E-state index in [4.69, 9.17) is 5.73 Å². The first-order valence-electron chi connectivity index (χ1n) is 6.35. The smallest absolute Gasteiger partial charge is 0.383 e. The molecule has 0 bridgehead atoms. The van der Waals surface area contributed by atoms with Gasteiger partial charge in [-0.15, -0.1) is 0 Å². The standard InChI is InChI=1S/C14H13F4N3S/c1-7(2)11-6-20-13(22-11)21-12(19)8-3-9(14(16,17)18)5-10(15)4-8/h3-7H,1-2H3,(H2,19,20,21). The van der Waals surface area contributed by atoms with Crippen LogP contribution >= 0.6 is 11.3 Å².